The smallest absolute Gasteiger partial charge is 0.187 e. The Morgan fingerprint density at radius 3 is 2.50 bits per heavy atom. The van der Waals surface area contributed by atoms with Crippen molar-refractivity contribution in [1.82, 2.24) is 9.97 Å². The summed E-state index contributed by atoms with van der Waals surface area (Å²) in [7, 11) is 0. The van der Waals surface area contributed by atoms with E-state index in [1.165, 1.54) is 0 Å². The van der Waals surface area contributed by atoms with Crippen molar-refractivity contribution in [1.29, 1.82) is 0 Å². The SMILES string of the molecule is [C-]#[N+]c1ccc(-c2ccc3nc([C@@H](N)[C@@H](C)O)[nH]c3c2)cc1. The number of aromatic amines is 1. The third kappa shape index (κ3) is 2.58. The number of aromatic nitrogens is 2. The Morgan fingerprint density at radius 1 is 1.18 bits per heavy atom. The summed E-state index contributed by atoms with van der Waals surface area (Å²) < 4.78 is 0. The third-order valence-corrected chi connectivity index (χ3v) is 3.67. The molecule has 2 atom stereocenters. The molecule has 3 aromatic rings. The van der Waals surface area contributed by atoms with Crippen LogP contribution in [0.5, 0.6) is 0 Å². The highest BCUT2D eigenvalue weighted by Gasteiger charge is 2.16. The average Bonchev–Trinajstić information content (AvgIpc) is 2.97. The van der Waals surface area contributed by atoms with Gasteiger partial charge in [0.1, 0.15) is 5.82 Å². The lowest BCUT2D eigenvalue weighted by Gasteiger charge is -2.10. The van der Waals surface area contributed by atoms with Crippen LogP contribution in [0.2, 0.25) is 0 Å². The molecule has 1 heterocycles. The number of nitrogens with two attached hydrogens (primary N) is 1. The molecule has 4 N–H and O–H groups in total. The number of fused-ring (bicyclic) bond motifs is 1. The molecule has 0 radical (unpaired) electrons. The zero-order valence-electron chi connectivity index (χ0n) is 12.1. The van der Waals surface area contributed by atoms with Crippen LogP contribution in [-0.2, 0) is 0 Å². The molecular weight excluding hydrogens is 276 g/mol. The van der Waals surface area contributed by atoms with Crippen molar-refractivity contribution in [3.05, 3.63) is 59.7 Å². The summed E-state index contributed by atoms with van der Waals surface area (Å²) in [6.07, 6.45) is -0.666. The third-order valence-electron chi connectivity index (χ3n) is 3.67. The molecule has 2 aromatic carbocycles. The van der Waals surface area contributed by atoms with Gasteiger partial charge in [-0.2, -0.15) is 0 Å². The van der Waals surface area contributed by atoms with Crippen LogP contribution in [0.3, 0.4) is 0 Å². The fourth-order valence-electron chi connectivity index (χ4n) is 2.32. The molecular formula is C17H16N4O. The van der Waals surface area contributed by atoms with E-state index in [2.05, 4.69) is 14.8 Å². The second kappa shape index (κ2) is 5.60. The first-order valence-corrected chi connectivity index (χ1v) is 6.99. The molecule has 0 bridgehead atoms. The lowest BCUT2D eigenvalue weighted by atomic mass is 10.0. The Kier molecular flexibility index (Phi) is 3.63. The van der Waals surface area contributed by atoms with Crippen LogP contribution in [0.4, 0.5) is 5.69 Å². The molecule has 5 nitrogen and oxygen atoms in total. The molecule has 0 unspecified atom stereocenters. The Labute approximate surface area is 128 Å². The van der Waals surface area contributed by atoms with Gasteiger partial charge in [0.25, 0.3) is 0 Å². The molecule has 0 aliphatic heterocycles. The zero-order valence-corrected chi connectivity index (χ0v) is 12.1. The van der Waals surface area contributed by atoms with Gasteiger partial charge in [-0.25, -0.2) is 9.83 Å². The molecule has 0 aliphatic carbocycles. The predicted octanol–water partition coefficient (Wildman–Crippen LogP) is 3.16. The van der Waals surface area contributed by atoms with Crippen molar-refractivity contribution < 1.29 is 5.11 Å². The molecule has 110 valence electrons. The molecule has 1 aromatic heterocycles. The van der Waals surface area contributed by atoms with E-state index in [0.29, 0.717) is 11.5 Å². The van der Waals surface area contributed by atoms with E-state index in [0.717, 1.165) is 22.2 Å². The number of imidazole rings is 1. The highest BCUT2D eigenvalue weighted by molar-refractivity contribution is 5.82. The normalized spacial score (nSPS) is 13.7. The number of aliphatic hydroxyl groups excluding tert-OH is 1. The van der Waals surface area contributed by atoms with Gasteiger partial charge >= 0.3 is 0 Å². The number of hydrogen-bond donors (Lipinski definition) is 3. The molecule has 0 amide bonds. The maximum Gasteiger partial charge on any atom is 0.187 e. The number of H-pyrrole nitrogens is 1. The standard InChI is InChI=1S/C17H16N4O/c1-10(22)16(18)17-20-14-8-5-12(9-15(14)21-17)11-3-6-13(19-2)7-4-11/h3-10,16,22H,18H2,1H3,(H,20,21)/t10-,16+/m1/s1. The van der Waals surface area contributed by atoms with Crippen LogP contribution < -0.4 is 5.73 Å². The van der Waals surface area contributed by atoms with Crippen LogP contribution in [0.25, 0.3) is 27.0 Å². The van der Waals surface area contributed by atoms with Crippen molar-refractivity contribution in [2.24, 2.45) is 5.73 Å². The molecule has 0 saturated heterocycles. The summed E-state index contributed by atoms with van der Waals surface area (Å²) in [4.78, 5) is 11.0. The molecule has 0 aliphatic rings. The van der Waals surface area contributed by atoms with Crippen molar-refractivity contribution in [2.45, 2.75) is 19.1 Å². The van der Waals surface area contributed by atoms with Crippen LogP contribution in [0, 0.1) is 6.57 Å². The minimum atomic E-state index is -0.666. The maximum atomic E-state index is 9.57. The molecule has 5 heteroatoms. The first-order chi connectivity index (χ1) is 10.6. The van der Waals surface area contributed by atoms with Gasteiger partial charge < -0.3 is 15.8 Å². The van der Waals surface area contributed by atoms with Crippen molar-refractivity contribution in [2.75, 3.05) is 0 Å². The van der Waals surface area contributed by atoms with E-state index in [4.69, 9.17) is 12.3 Å². The number of hydrogen-bond acceptors (Lipinski definition) is 3. The topological polar surface area (TPSA) is 79.3 Å². The van der Waals surface area contributed by atoms with E-state index in [1.807, 2.05) is 30.3 Å². The van der Waals surface area contributed by atoms with Crippen LogP contribution in [0.1, 0.15) is 18.8 Å². The first-order valence-electron chi connectivity index (χ1n) is 6.99. The van der Waals surface area contributed by atoms with Gasteiger partial charge in [-0.3, -0.25) is 0 Å². The molecule has 0 fully saturated rings. The summed E-state index contributed by atoms with van der Waals surface area (Å²) in [5.74, 6) is 0.575. The summed E-state index contributed by atoms with van der Waals surface area (Å²) in [6, 6.07) is 12.8. The Bertz CT molecular complexity index is 843. The lowest BCUT2D eigenvalue weighted by molar-refractivity contribution is 0.161. The van der Waals surface area contributed by atoms with E-state index < -0.39 is 12.1 Å². The predicted molar refractivity (Wildman–Crippen MR) is 86.4 cm³/mol. The number of benzene rings is 2. The highest BCUT2D eigenvalue weighted by atomic mass is 16.3. The van der Waals surface area contributed by atoms with Crippen molar-refractivity contribution in [3.8, 4) is 11.1 Å². The Balaban J connectivity index is 2.00. The molecule has 22 heavy (non-hydrogen) atoms. The summed E-state index contributed by atoms with van der Waals surface area (Å²) >= 11 is 0. The van der Waals surface area contributed by atoms with Gasteiger partial charge in [0.15, 0.2) is 5.69 Å². The minimum absolute atomic E-state index is 0.534. The lowest BCUT2D eigenvalue weighted by Crippen LogP contribution is -2.24. The fourth-order valence-corrected chi connectivity index (χ4v) is 2.32. The zero-order chi connectivity index (χ0) is 15.7. The van der Waals surface area contributed by atoms with Crippen LogP contribution in [-0.4, -0.2) is 21.2 Å². The van der Waals surface area contributed by atoms with E-state index in [9.17, 15) is 5.11 Å². The Morgan fingerprint density at radius 2 is 1.86 bits per heavy atom. The summed E-state index contributed by atoms with van der Waals surface area (Å²) in [5, 5.41) is 9.57. The monoisotopic (exact) mass is 292 g/mol. The summed E-state index contributed by atoms with van der Waals surface area (Å²) in [5.41, 5.74) is 10.3. The minimum Gasteiger partial charge on any atom is -0.391 e. The Hall–Kier alpha value is -2.68. The quantitative estimate of drug-likeness (QED) is 0.649. The maximum absolute atomic E-state index is 9.57. The molecule has 0 saturated carbocycles. The second-order valence-electron chi connectivity index (χ2n) is 5.28. The van der Waals surface area contributed by atoms with Crippen LogP contribution in [0.15, 0.2) is 42.5 Å². The largest absolute Gasteiger partial charge is 0.391 e. The highest BCUT2D eigenvalue weighted by Crippen LogP contribution is 2.26. The van der Waals surface area contributed by atoms with Gasteiger partial charge in [-0.1, -0.05) is 30.3 Å². The number of rotatable bonds is 3. The first kappa shape index (κ1) is 14.3. The number of nitrogens with one attached hydrogen (secondary N) is 1. The van der Waals surface area contributed by atoms with E-state index in [1.54, 1.807) is 19.1 Å². The summed E-state index contributed by atoms with van der Waals surface area (Å²) in [6.45, 7) is 8.62. The molecule has 3 rings (SSSR count). The van der Waals surface area contributed by atoms with Gasteiger partial charge in [0.05, 0.1) is 29.8 Å². The van der Waals surface area contributed by atoms with E-state index in [-0.39, 0.29) is 0 Å². The fraction of sp³-hybridized carbons (Fsp3) is 0.176. The van der Waals surface area contributed by atoms with Gasteiger partial charge in [0, 0.05) is 0 Å². The average molecular weight is 292 g/mol. The second-order valence-corrected chi connectivity index (χ2v) is 5.28. The van der Waals surface area contributed by atoms with Gasteiger partial charge in [-0.05, 0) is 30.2 Å². The number of nitrogens with zero attached hydrogens (tertiary/aromatic N) is 2. The van der Waals surface area contributed by atoms with E-state index >= 15 is 0 Å². The van der Waals surface area contributed by atoms with Crippen LogP contribution >= 0.6 is 0 Å². The molecule has 0 spiro atoms. The van der Waals surface area contributed by atoms with Gasteiger partial charge in [-0.15, -0.1) is 0 Å². The van der Waals surface area contributed by atoms with Crippen molar-refractivity contribution in [3.63, 3.8) is 0 Å². The number of aliphatic hydroxyl groups is 1. The van der Waals surface area contributed by atoms with Gasteiger partial charge in [0.2, 0.25) is 0 Å². The van der Waals surface area contributed by atoms with Crippen molar-refractivity contribution >= 4 is 16.7 Å².